The van der Waals surface area contributed by atoms with Crippen molar-refractivity contribution in [3.63, 3.8) is 0 Å². The number of aromatic nitrogens is 1. The average molecular weight is 280 g/mol. The molecule has 0 fully saturated rings. The van der Waals surface area contributed by atoms with Gasteiger partial charge in [0.25, 0.3) is 5.69 Å². The first-order valence-electron chi connectivity index (χ1n) is 5.60. The number of halogens is 1. The van der Waals surface area contributed by atoms with E-state index in [1.807, 2.05) is 0 Å². The van der Waals surface area contributed by atoms with Gasteiger partial charge in [-0.3, -0.25) is 10.1 Å². The molecule has 0 amide bonds. The summed E-state index contributed by atoms with van der Waals surface area (Å²) in [4.78, 5) is 25.3. The van der Waals surface area contributed by atoms with Crippen LogP contribution < -0.4 is 0 Å². The summed E-state index contributed by atoms with van der Waals surface area (Å²) < 4.78 is 23.0. The molecule has 104 valence electrons. The summed E-state index contributed by atoms with van der Waals surface area (Å²) in [7, 11) is 0. The Morgan fingerprint density at radius 1 is 1.55 bits per heavy atom. The fourth-order valence-corrected chi connectivity index (χ4v) is 1.53. The van der Waals surface area contributed by atoms with Gasteiger partial charge in [-0.05, 0) is 19.1 Å². The molecule has 0 bridgehead atoms. The third kappa shape index (κ3) is 2.63. The van der Waals surface area contributed by atoms with Gasteiger partial charge in [-0.25, -0.2) is 14.2 Å². The van der Waals surface area contributed by atoms with Crippen molar-refractivity contribution in [2.24, 2.45) is 0 Å². The standard InChI is InChI=1S/C12H9FN2O5/c1-2-19-12(16)10-6-14-11(20-10)8-5-7(13)3-4-9(8)15(17)18/h3-6H,2H2,1H3. The van der Waals surface area contributed by atoms with Crippen LogP contribution in [0.3, 0.4) is 0 Å². The second kappa shape index (κ2) is 5.47. The zero-order chi connectivity index (χ0) is 14.7. The van der Waals surface area contributed by atoms with E-state index in [1.54, 1.807) is 6.92 Å². The number of carbonyl (C=O) groups excluding carboxylic acids is 1. The van der Waals surface area contributed by atoms with Crippen molar-refractivity contribution in [2.75, 3.05) is 6.61 Å². The van der Waals surface area contributed by atoms with E-state index in [2.05, 4.69) is 4.98 Å². The molecule has 0 aliphatic rings. The quantitative estimate of drug-likeness (QED) is 0.485. The summed E-state index contributed by atoms with van der Waals surface area (Å²) in [5, 5.41) is 10.9. The van der Waals surface area contributed by atoms with E-state index in [0.717, 1.165) is 24.4 Å². The van der Waals surface area contributed by atoms with Gasteiger partial charge in [-0.2, -0.15) is 0 Å². The van der Waals surface area contributed by atoms with E-state index in [4.69, 9.17) is 9.15 Å². The predicted octanol–water partition coefficient (Wildman–Crippen LogP) is 2.57. The number of ether oxygens (including phenoxy) is 1. The molecule has 1 heterocycles. The van der Waals surface area contributed by atoms with Crippen molar-refractivity contribution in [1.29, 1.82) is 0 Å². The number of rotatable bonds is 4. The molecule has 2 rings (SSSR count). The number of nitrogens with zero attached hydrogens (tertiary/aromatic N) is 2. The summed E-state index contributed by atoms with van der Waals surface area (Å²) >= 11 is 0. The van der Waals surface area contributed by atoms with Gasteiger partial charge in [0.05, 0.1) is 17.7 Å². The molecule has 0 spiro atoms. The van der Waals surface area contributed by atoms with E-state index in [0.29, 0.717) is 0 Å². The smallest absolute Gasteiger partial charge is 0.375 e. The monoisotopic (exact) mass is 280 g/mol. The van der Waals surface area contributed by atoms with Crippen LogP contribution in [-0.4, -0.2) is 22.5 Å². The average Bonchev–Trinajstić information content (AvgIpc) is 2.88. The first-order valence-corrected chi connectivity index (χ1v) is 5.60. The molecule has 0 saturated carbocycles. The molecular weight excluding hydrogens is 271 g/mol. The van der Waals surface area contributed by atoms with Crippen molar-refractivity contribution in [3.8, 4) is 11.5 Å². The van der Waals surface area contributed by atoms with Crippen molar-refractivity contribution in [3.05, 3.63) is 46.1 Å². The van der Waals surface area contributed by atoms with Crippen molar-refractivity contribution < 1.29 is 23.3 Å². The molecule has 2 aromatic rings. The van der Waals surface area contributed by atoms with Crippen LogP contribution in [0, 0.1) is 15.9 Å². The second-order valence-corrected chi connectivity index (χ2v) is 3.67. The Kier molecular flexibility index (Phi) is 3.74. The molecule has 20 heavy (non-hydrogen) atoms. The molecule has 0 saturated heterocycles. The summed E-state index contributed by atoms with van der Waals surface area (Å²) in [6, 6.07) is 2.87. The van der Waals surface area contributed by atoms with E-state index in [9.17, 15) is 19.3 Å². The van der Waals surface area contributed by atoms with Crippen LogP contribution in [0.5, 0.6) is 0 Å². The number of hydrogen-bond acceptors (Lipinski definition) is 6. The molecule has 0 aliphatic heterocycles. The SMILES string of the molecule is CCOC(=O)c1cnc(-c2cc(F)ccc2[N+](=O)[O-])o1. The Hall–Kier alpha value is -2.77. The van der Waals surface area contributed by atoms with Crippen LogP contribution in [0.25, 0.3) is 11.5 Å². The van der Waals surface area contributed by atoms with Gasteiger partial charge in [0.1, 0.15) is 11.4 Å². The first kappa shape index (κ1) is 13.7. The van der Waals surface area contributed by atoms with Crippen molar-refractivity contribution in [1.82, 2.24) is 4.98 Å². The summed E-state index contributed by atoms with van der Waals surface area (Å²) in [5.74, 6) is -1.86. The highest BCUT2D eigenvalue weighted by molar-refractivity contribution is 5.86. The van der Waals surface area contributed by atoms with Gasteiger partial charge in [0.2, 0.25) is 11.7 Å². The van der Waals surface area contributed by atoms with Gasteiger partial charge in [-0.15, -0.1) is 0 Å². The van der Waals surface area contributed by atoms with Gasteiger partial charge in [0, 0.05) is 6.07 Å². The molecule has 8 heteroatoms. The second-order valence-electron chi connectivity index (χ2n) is 3.67. The van der Waals surface area contributed by atoms with Gasteiger partial charge < -0.3 is 9.15 Å². The Morgan fingerprint density at radius 2 is 2.30 bits per heavy atom. The van der Waals surface area contributed by atoms with E-state index in [1.165, 1.54) is 0 Å². The highest BCUT2D eigenvalue weighted by Crippen LogP contribution is 2.30. The number of nitro groups is 1. The number of carbonyl (C=O) groups is 1. The molecule has 0 atom stereocenters. The Morgan fingerprint density at radius 3 is 2.95 bits per heavy atom. The van der Waals surface area contributed by atoms with Crippen LogP contribution >= 0.6 is 0 Å². The van der Waals surface area contributed by atoms with E-state index >= 15 is 0 Å². The van der Waals surface area contributed by atoms with E-state index in [-0.39, 0.29) is 29.5 Å². The van der Waals surface area contributed by atoms with Crippen LogP contribution in [0.4, 0.5) is 10.1 Å². The molecule has 1 aromatic heterocycles. The van der Waals surface area contributed by atoms with Crippen LogP contribution in [-0.2, 0) is 4.74 Å². The maximum Gasteiger partial charge on any atom is 0.375 e. The van der Waals surface area contributed by atoms with Crippen molar-refractivity contribution in [2.45, 2.75) is 6.92 Å². The highest BCUT2D eigenvalue weighted by atomic mass is 19.1. The predicted molar refractivity (Wildman–Crippen MR) is 64.5 cm³/mol. The topological polar surface area (TPSA) is 95.5 Å². The summed E-state index contributed by atoms with van der Waals surface area (Å²) in [5.41, 5.74) is -0.519. The van der Waals surface area contributed by atoms with Gasteiger partial charge >= 0.3 is 5.97 Å². The first-order chi connectivity index (χ1) is 9.52. The van der Waals surface area contributed by atoms with Crippen LogP contribution in [0.1, 0.15) is 17.5 Å². The molecule has 0 aliphatic carbocycles. The van der Waals surface area contributed by atoms with Crippen LogP contribution in [0.2, 0.25) is 0 Å². The summed E-state index contributed by atoms with van der Waals surface area (Å²) in [6.07, 6.45) is 1.07. The minimum Gasteiger partial charge on any atom is -0.460 e. The highest BCUT2D eigenvalue weighted by Gasteiger charge is 2.22. The molecular formula is C12H9FN2O5. The minimum absolute atomic E-state index is 0.148. The number of hydrogen-bond donors (Lipinski definition) is 0. The maximum atomic E-state index is 13.2. The lowest BCUT2D eigenvalue weighted by atomic mass is 10.2. The molecule has 0 N–H and O–H groups in total. The molecule has 0 unspecified atom stereocenters. The number of nitro benzene ring substituents is 1. The fraction of sp³-hybridized carbons (Fsp3) is 0.167. The summed E-state index contributed by atoms with van der Waals surface area (Å²) in [6.45, 7) is 1.77. The van der Waals surface area contributed by atoms with E-state index < -0.39 is 16.7 Å². The lowest BCUT2D eigenvalue weighted by Crippen LogP contribution is -2.02. The maximum absolute atomic E-state index is 13.2. The zero-order valence-corrected chi connectivity index (χ0v) is 10.3. The van der Waals surface area contributed by atoms with Crippen molar-refractivity contribution >= 4 is 11.7 Å². The molecule has 0 radical (unpaired) electrons. The normalized spacial score (nSPS) is 10.3. The Balaban J connectivity index is 2.44. The lowest BCUT2D eigenvalue weighted by molar-refractivity contribution is -0.384. The van der Waals surface area contributed by atoms with Crippen LogP contribution in [0.15, 0.2) is 28.8 Å². The Labute approximate surface area is 112 Å². The Bertz CT molecular complexity index is 668. The number of oxazole rings is 1. The largest absolute Gasteiger partial charge is 0.460 e. The number of esters is 1. The molecule has 1 aromatic carbocycles. The molecule has 7 nitrogen and oxygen atoms in total. The third-order valence-corrected chi connectivity index (χ3v) is 2.37. The lowest BCUT2D eigenvalue weighted by Gasteiger charge is -1.99. The minimum atomic E-state index is -0.745. The zero-order valence-electron chi connectivity index (χ0n) is 10.3. The van der Waals surface area contributed by atoms with Gasteiger partial charge in [0.15, 0.2) is 0 Å². The number of benzene rings is 1. The van der Waals surface area contributed by atoms with Gasteiger partial charge in [-0.1, -0.05) is 0 Å². The fourth-order valence-electron chi connectivity index (χ4n) is 1.53. The third-order valence-electron chi connectivity index (χ3n) is 2.37.